The summed E-state index contributed by atoms with van der Waals surface area (Å²) in [5.41, 5.74) is 1.96. The second-order valence-electron chi connectivity index (χ2n) is 7.00. The van der Waals surface area contributed by atoms with Gasteiger partial charge in [0.2, 0.25) is 0 Å². The number of hydrogen-bond acceptors (Lipinski definition) is 3. The van der Waals surface area contributed by atoms with Gasteiger partial charge < -0.3 is 19.6 Å². The first-order valence-electron chi connectivity index (χ1n) is 8.33. The molecule has 0 amide bonds. The number of phenolic OH excluding ortho intramolecular Hbond substituents is 1. The van der Waals surface area contributed by atoms with Gasteiger partial charge in [0.25, 0.3) is 0 Å². The maximum atomic E-state index is 10.9. The largest absolute Gasteiger partial charge is 0.508 e. The van der Waals surface area contributed by atoms with Crippen LogP contribution < -0.4 is 0 Å². The fourth-order valence-corrected chi connectivity index (χ4v) is 4.64. The van der Waals surface area contributed by atoms with Gasteiger partial charge in [0, 0.05) is 10.8 Å². The van der Waals surface area contributed by atoms with E-state index in [1.807, 2.05) is 26.0 Å². The SMILES string of the molecule is CC(C)c1cc(CC2C(Cl)CC(OCP(=O)(O)O)CC2Cl)ccc1O. The van der Waals surface area contributed by atoms with Crippen molar-refractivity contribution < 1.29 is 24.2 Å². The number of phenols is 1. The summed E-state index contributed by atoms with van der Waals surface area (Å²) in [7, 11) is -4.19. The Morgan fingerprint density at radius 1 is 1.24 bits per heavy atom. The average molecular weight is 411 g/mol. The molecule has 8 heteroatoms. The van der Waals surface area contributed by atoms with Gasteiger partial charge in [-0.3, -0.25) is 4.57 Å². The van der Waals surface area contributed by atoms with E-state index in [1.54, 1.807) is 6.07 Å². The molecule has 25 heavy (non-hydrogen) atoms. The minimum atomic E-state index is -4.19. The zero-order valence-electron chi connectivity index (χ0n) is 14.3. The maximum Gasteiger partial charge on any atom is 0.350 e. The fourth-order valence-electron chi connectivity index (χ4n) is 3.23. The lowest BCUT2D eigenvalue weighted by atomic mass is 9.82. The molecule has 1 aromatic rings. The molecule has 0 aliphatic heterocycles. The number of halogens is 2. The summed E-state index contributed by atoms with van der Waals surface area (Å²) < 4.78 is 16.2. The number of hydrogen-bond donors (Lipinski definition) is 3. The average Bonchev–Trinajstić information content (AvgIpc) is 2.49. The van der Waals surface area contributed by atoms with Crippen LogP contribution in [0.1, 0.15) is 43.7 Å². The van der Waals surface area contributed by atoms with Crippen molar-refractivity contribution in [2.24, 2.45) is 5.92 Å². The third kappa shape index (κ3) is 6.13. The van der Waals surface area contributed by atoms with Crippen molar-refractivity contribution in [3.63, 3.8) is 0 Å². The third-order valence-corrected chi connectivity index (χ3v) is 6.06. The molecule has 1 aromatic carbocycles. The van der Waals surface area contributed by atoms with Crippen molar-refractivity contribution in [2.75, 3.05) is 6.35 Å². The molecule has 2 rings (SSSR count). The van der Waals surface area contributed by atoms with Crippen LogP contribution in [0.5, 0.6) is 5.75 Å². The number of alkyl halides is 2. The number of benzene rings is 1. The van der Waals surface area contributed by atoms with Gasteiger partial charge in [-0.05, 0) is 48.3 Å². The third-order valence-electron chi connectivity index (χ3n) is 4.57. The Hall–Kier alpha value is -0.290. The smallest absolute Gasteiger partial charge is 0.350 e. The van der Waals surface area contributed by atoms with Gasteiger partial charge in [0.15, 0.2) is 0 Å². The van der Waals surface area contributed by atoms with E-state index in [1.165, 1.54) is 0 Å². The molecular formula is C17H25Cl2O5P. The summed E-state index contributed by atoms with van der Waals surface area (Å²) in [5.74, 6) is 0.538. The molecule has 5 nitrogen and oxygen atoms in total. The molecule has 1 aliphatic rings. The van der Waals surface area contributed by atoms with Gasteiger partial charge in [-0.2, -0.15) is 0 Å². The highest BCUT2D eigenvalue weighted by atomic mass is 35.5. The molecular weight excluding hydrogens is 386 g/mol. The molecule has 1 aliphatic carbocycles. The van der Waals surface area contributed by atoms with Crippen LogP contribution in [0.25, 0.3) is 0 Å². The van der Waals surface area contributed by atoms with Crippen molar-refractivity contribution in [2.45, 2.75) is 55.9 Å². The predicted octanol–water partition coefficient (Wildman–Crippen LogP) is 4.20. The molecule has 0 aromatic heterocycles. The van der Waals surface area contributed by atoms with Crippen molar-refractivity contribution >= 4 is 30.8 Å². The van der Waals surface area contributed by atoms with Crippen LogP contribution in [0.15, 0.2) is 18.2 Å². The van der Waals surface area contributed by atoms with Gasteiger partial charge in [-0.25, -0.2) is 0 Å². The quantitative estimate of drug-likeness (QED) is 0.483. The maximum absolute atomic E-state index is 10.9. The number of rotatable bonds is 6. The van der Waals surface area contributed by atoms with Gasteiger partial charge in [0.1, 0.15) is 12.1 Å². The Balaban J connectivity index is 2.02. The first-order chi connectivity index (χ1) is 11.6. The van der Waals surface area contributed by atoms with Crippen LogP contribution in [0.4, 0.5) is 0 Å². The molecule has 0 bridgehead atoms. The van der Waals surface area contributed by atoms with Gasteiger partial charge in [-0.15, -0.1) is 23.2 Å². The van der Waals surface area contributed by atoms with E-state index in [-0.39, 0.29) is 34.4 Å². The second kappa shape index (κ2) is 8.60. The highest BCUT2D eigenvalue weighted by molar-refractivity contribution is 7.51. The van der Waals surface area contributed by atoms with E-state index in [9.17, 15) is 9.67 Å². The Bertz CT molecular complexity index is 621. The van der Waals surface area contributed by atoms with E-state index >= 15 is 0 Å². The van der Waals surface area contributed by atoms with E-state index < -0.39 is 13.9 Å². The highest BCUT2D eigenvalue weighted by Gasteiger charge is 2.37. The summed E-state index contributed by atoms with van der Waals surface area (Å²) in [4.78, 5) is 17.8. The molecule has 2 unspecified atom stereocenters. The second-order valence-corrected chi connectivity index (χ2v) is 9.71. The van der Waals surface area contributed by atoms with Crippen molar-refractivity contribution in [1.29, 1.82) is 0 Å². The van der Waals surface area contributed by atoms with Gasteiger partial charge in [0.05, 0.1) is 6.10 Å². The molecule has 0 heterocycles. The summed E-state index contributed by atoms with van der Waals surface area (Å²) in [5, 5.41) is 9.46. The molecule has 2 atom stereocenters. The van der Waals surface area contributed by atoms with Crippen LogP contribution in [0.2, 0.25) is 0 Å². The molecule has 3 N–H and O–H groups in total. The van der Waals surface area contributed by atoms with E-state index in [0.717, 1.165) is 11.1 Å². The highest BCUT2D eigenvalue weighted by Crippen LogP contribution is 2.40. The minimum Gasteiger partial charge on any atom is -0.508 e. The van der Waals surface area contributed by atoms with E-state index in [2.05, 4.69) is 0 Å². The predicted molar refractivity (Wildman–Crippen MR) is 99.7 cm³/mol. The summed E-state index contributed by atoms with van der Waals surface area (Å²) in [6.07, 6.45) is 0.744. The lowest BCUT2D eigenvalue weighted by Crippen LogP contribution is -2.39. The first kappa shape index (κ1) is 21.0. The van der Waals surface area contributed by atoms with Crippen molar-refractivity contribution in [3.8, 4) is 5.75 Å². The molecule has 142 valence electrons. The minimum absolute atomic E-state index is 0.0304. The zero-order chi connectivity index (χ0) is 18.8. The van der Waals surface area contributed by atoms with Crippen molar-refractivity contribution in [3.05, 3.63) is 29.3 Å². The number of ether oxygens (including phenoxy) is 1. The van der Waals surface area contributed by atoms with Crippen LogP contribution >= 0.6 is 30.8 Å². The molecule has 0 saturated heterocycles. The first-order valence-corrected chi connectivity index (χ1v) is 11.0. The lowest BCUT2D eigenvalue weighted by molar-refractivity contribution is 0.0396. The van der Waals surface area contributed by atoms with Crippen LogP contribution in [0, 0.1) is 5.92 Å². The van der Waals surface area contributed by atoms with E-state index in [0.29, 0.717) is 19.3 Å². The molecule has 1 fully saturated rings. The molecule has 0 spiro atoms. The number of aromatic hydroxyl groups is 1. The van der Waals surface area contributed by atoms with Gasteiger partial charge >= 0.3 is 7.60 Å². The zero-order valence-corrected chi connectivity index (χ0v) is 16.7. The Labute approximate surface area is 158 Å². The fraction of sp³-hybridized carbons (Fsp3) is 0.647. The topological polar surface area (TPSA) is 87.0 Å². The van der Waals surface area contributed by atoms with Crippen LogP contribution in [-0.2, 0) is 15.7 Å². The van der Waals surface area contributed by atoms with Crippen LogP contribution in [-0.4, -0.2) is 38.1 Å². The lowest BCUT2D eigenvalue weighted by Gasteiger charge is -2.36. The molecule has 1 saturated carbocycles. The van der Waals surface area contributed by atoms with Gasteiger partial charge in [-0.1, -0.05) is 26.0 Å². The summed E-state index contributed by atoms with van der Waals surface area (Å²) in [6.45, 7) is 4.05. The standard InChI is InChI=1S/C17H25Cl2O5P/c1-10(2)13-5-11(3-4-17(13)20)6-14-15(18)7-12(8-16(14)19)24-9-25(21,22)23/h3-5,10,12,14-16,20H,6-9H2,1-2H3,(H2,21,22,23). The molecule has 0 radical (unpaired) electrons. The Kier molecular flexibility index (Phi) is 7.23. The summed E-state index contributed by atoms with van der Waals surface area (Å²) >= 11 is 13.0. The van der Waals surface area contributed by atoms with Crippen LogP contribution in [0.3, 0.4) is 0 Å². The normalized spacial score (nSPS) is 27.6. The van der Waals surface area contributed by atoms with E-state index in [4.69, 9.17) is 37.7 Å². The Morgan fingerprint density at radius 3 is 2.36 bits per heavy atom. The summed E-state index contributed by atoms with van der Waals surface area (Å²) in [6, 6.07) is 5.57. The van der Waals surface area contributed by atoms with Crippen molar-refractivity contribution in [1.82, 2.24) is 0 Å². The monoisotopic (exact) mass is 410 g/mol. The Morgan fingerprint density at radius 2 is 1.84 bits per heavy atom.